The van der Waals surface area contributed by atoms with Crippen LogP contribution in [-0.2, 0) is 10.0 Å². The molecule has 0 unspecified atom stereocenters. The normalized spacial score (nSPS) is 11.3. The van der Waals surface area contributed by atoms with Gasteiger partial charge >= 0.3 is 0 Å². The fourth-order valence-electron chi connectivity index (χ4n) is 1.67. The van der Waals surface area contributed by atoms with E-state index in [2.05, 4.69) is 9.97 Å². The molecule has 0 aliphatic carbocycles. The quantitative estimate of drug-likeness (QED) is 0.571. The van der Waals surface area contributed by atoms with Gasteiger partial charge in [0.1, 0.15) is 11.7 Å². The average molecular weight is 293 g/mol. The zero-order valence-corrected chi connectivity index (χ0v) is 11.9. The van der Waals surface area contributed by atoms with Crippen LogP contribution in [0.4, 0.5) is 5.69 Å². The van der Waals surface area contributed by atoms with Crippen LogP contribution in [-0.4, -0.2) is 31.3 Å². The van der Waals surface area contributed by atoms with Gasteiger partial charge in [-0.05, 0) is 31.2 Å². The van der Waals surface area contributed by atoms with Gasteiger partial charge in [-0.2, -0.15) is 8.42 Å². The monoisotopic (exact) mass is 293 g/mol. The predicted octanol–water partition coefficient (Wildman–Crippen LogP) is 0.827. The van der Waals surface area contributed by atoms with Crippen molar-refractivity contribution in [3.05, 3.63) is 41.9 Å². The second-order valence-electron chi connectivity index (χ2n) is 4.27. The number of nitrogens with two attached hydrogens (primary N) is 1. The van der Waals surface area contributed by atoms with Crippen LogP contribution in [0.15, 0.2) is 35.5 Å². The molecule has 1 aromatic heterocycles. The van der Waals surface area contributed by atoms with Crippen molar-refractivity contribution in [3.63, 3.8) is 0 Å². The molecule has 2 aromatic rings. The summed E-state index contributed by atoms with van der Waals surface area (Å²) in [6.07, 6.45) is 1.28. The van der Waals surface area contributed by atoms with Gasteiger partial charge in [-0.15, -0.1) is 0 Å². The van der Waals surface area contributed by atoms with Gasteiger partial charge in [-0.1, -0.05) is 0 Å². The van der Waals surface area contributed by atoms with Crippen LogP contribution in [0, 0.1) is 12.3 Å². The van der Waals surface area contributed by atoms with Crippen LogP contribution in [0.2, 0.25) is 0 Å². The lowest BCUT2D eigenvalue weighted by molar-refractivity contribution is 0.591. The number of nitrogens with zero attached hydrogens (tertiary/aromatic N) is 2. The molecule has 0 saturated heterocycles. The fraction of sp³-hybridized carbons (Fsp3) is 0.167. The van der Waals surface area contributed by atoms with Crippen molar-refractivity contribution in [2.45, 2.75) is 11.9 Å². The maximum atomic E-state index is 12.4. The van der Waals surface area contributed by atoms with Gasteiger partial charge in [-0.25, -0.2) is 4.98 Å². The SMILES string of the molecule is Cc1ncc(S(=O)(=O)N(C)c2ccc(C(=N)N)cc2)[nH]1. The molecule has 20 heavy (non-hydrogen) atoms. The van der Waals surface area contributed by atoms with Crippen molar-refractivity contribution in [1.29, 1.82) is 5.41 Å². The van der Waals surface area contributed by atoms with Crippen LogP contribution in [0.1, 0.15) is 11.4 Å². The lowest BCUT2D eigenvalue weighted by Gasteiger charge is -2.18. The van der Waals surface area contributed by atoms with E-state index in [1.165, 1.54) is 13.2 Å². The number of nitrogen functional groups attached to an aromatic ring is 1. The molecule has 2 rings (SSSR count). The average Bonchev–Trinajstić information content (AvgIpc) is 2.85. The first-order chi connectivity index (χ1) is 9.32. The number of rotatable bonds is 4. The first-order valence-corrected chi connectivity index (χ1v) is 7.21. The summed E-state index contributed by atoms with van der Waals surface area (Å²) in [5.74, 6) is 0.468. The number of hydrogen-bond acceptors (Lipinski definition) is 4. The zero-order chi connectivity index (χ0) is 14.9. The number of imidazole rings is 1. The molecule has 4 N–H and O–H groups in total. The van der Waals surface area contributed by atoms with E-state index in [-0.39, 0.29) is 10.9 Å². The third-order valence-corrected chi connectivity index (χ3v) is 4.56. The van der Waals surface area contributed by atoms with E-state index in [1.54, 1.807) is 31.2 Å². The number of sulfonamides is 1. The predicted molar refractivity (Wildman–Crippen MR) is 76.4 cm³/mol. The molecule has 0 amide bonds. The summed E-state index contributed by atoms with van der Waals surface area (Å²) >= 11 is 0. The van der Waals surface area contributed by atoms with Crippen LogP contribution >= 0.6 is 0 Å². The van der Waals surface area contributed by atoms with Crippen molar-refractivity contribution >= 4 is 21.5 Å². The van der Waals surface area contributed by atoms with Gasteiger partial charge in [0.15, 0.2) is 5.03 Å². The standard InChI is InChI=1S/C12H15N5O2S/c1-8-15-7-11(16-8)20(18,19)17(2)10-5-3-9(4-6-10)12(13)14/h3-7H,1-2H3,(H3,13,14)(H,15,16). The van der Waals surface area contributed by atoms with Crippen LogP contribution in [0.5, 0.6) is 0 Å². The smallest absolute Gasteiger partial charge is 0.281 e. The maximum absolute atomic E-state index is 12.4. The molecule has 8 heteroatoms. The topological polar surface area (TPSA) is 116 Å². The van der Waals surface area contributed by atoms with Gasteiger partial charge in [-0.3, -0.25) is 9.71 Å². The minimum absolute atomic E-state index is 0.0353. The molecule has 1 aromatic carbocycles. The Morgan fingerprint density at radius 3 is 2.40 bits per heavy atom. The number of amidine groups is 1. The van der Waals surface area contributed by atoms with E-state index in [0.717, 1.165) is 4.31 Å². The Morgan fingerprint density at radius 1 is 1.35 bits per heavy atom. The maximum Gasteiger partial charge on any atom is 0.281 e. The molecule has 1 heterocycles. The number of aromatic nitrogens is 2. The van der Waals surface area contributed by atoms with Crippen molar-refractivity contribution < 1.29 is 8.42 Å². The number of benzene rings is 1. The number of H-pyrrole nitrogens is 1. The van der Waals surface area contributed by atoms with Crippen LogP contribution in [0.25, 0.3) is 0 Å². The van der Waals surface area contributed by atoms with E-state index in [1.807, 2.05) is 0 Å². The van der Waals surface area contributed by atoms with Crippen molar-refractivity contribution in [2.75, 3.05) is 11.4 Å². The second-order valence-corrected chi connectivity index (χ2v) is 6.20. The number of nitrogens with one attached hydrogen (secondary N) is 2. The van der Waals surface area contributed by atoms with E-state index < -0.39 is 10.0 Å². The highest BCUT2D eigenvalue weighted by atomic mass is 32.2. The lowest BCUT2D eigenvalue weighted by atomic mass is 10.2. The fourth-order valence-corrected chi connectivity index (χ4v) is 2.82. The van der Waals surface area contributed by atoms with Gasteiger partial charge in [0, 0.05) is 12.6 Å². The van der Waals surface area contributed by atoms with E-state index in [9.17, 15) is 8.42 Å². The summed E-state index contributed by atoms with van der Waals surface area (Å²) in [5, 5.41) is 7.34. The van der Waals surface area contributed by atoms with Crippen molar-refractivity contribution in [3.8, 4) is 0 Å². The Labute approximate surface area is 117 Å². The van der Waals surface area contributed by atoms with E-state index in [0.29, 0.717) is 17.1 Å². The van der Waals surface area contributed by atoms with Crippen LogP contribution in [0.3, 0.4) is 0 Å². The highest BCUT2D eigenvalue weighted by Crippen LogP contribution is 2.21. The highest BCUT2D eigenvalue weighted by molar-refractivity contribution is 7.92. The van der Waals surface area contributed by atoms with E-state index in [4.69, 9.17) is 11.1 Å². The Kier molecular flexibility index (Phi) is 3.49. The number of aromatic amines is 1. The molecular formula is C12H15N5O2S. The molecule has 0 atom stereocenters. The Bertz CT molecular complexity index is 733. The first kappa shape index (κ1) is 14.1. The third-order valence-electron chi connectivity index (χ3n) is 2.86. The Balaban J connectivity index is 2.35. The summed E-state index contributed by atoms with van der Waals surface area (Å²) in [6, 6.07) is 6.39. The Hall–Kier alpha value is -2.35. The Morgan fingerprint density at radius 2 is 1.95 bits per heavy atom. The second kappa shape index (κ2) is 4.97. The number of hydrogen-bond donors (Lipinski definition) is 3. The number of aryl methyl sites for hydroxylation is 1. The molecule has 0 aliphatic rings. The summed E-state index contributed by atoms with van der Waals surface area (Å²) in [6.45, 7) is 1.68. The van der Waals surface area contributed by atoms with E-state index >= 15 is 0 Å². The van der Waals surface area contributed by atoms with Gasteiger partial charge in [0.2, 0.25) is 0 Å². The lowest BCUT2D eigenvalue weighted by Crippen LogP contribution is -2.27. The van der Waals surface area contributed by atoms with Gasteiger partial charge < -0.3 is 10.7 Å². The summed E-state index contributed by atoms with van der Waals surface area (Å²) in [4.78, 5) is 6.59. The summed E-state index contributed by atoms with van der Waals surface area (Å²) < 4.78 is 25.8. The molecule has 0 fully saturated rings. The third kappa shape index (κ3) is 2.50. The molecule has 0 bridgehead atoms. The molecule has 0 saturated carbocycles. The van der Waals surface area contributed by atoms with Gasteiger partial charge in [0.05, 0.1) is 11.9 Å². The molecule has 106 valence electrons. The first-order valence-electron chi connectivity index (χ1n) is 5.77. The van der Waals surface area contributed by atoms with Crippen LogP contribution < -0.4 is 10.0 Å². The largest absolute Gasteiger partial charge is 0.384 e. The minimum atomic E-state index is -3.67. The molecule has 0 spiro atoms. The summed E-state index contributed by atoms with van der Waals surface area (Å²) in [5.41, 5.74) is 6.37. The zero-order valence-electron chi connectivity index (χ0n) is 11.1. The minimum Gasteiger partial charge on any atom is -0.384 e. The highest BCUT2D eigenvalue weighted by Gasteiger charge is 2.23. The molecule has 7 nitrogen and oxygen atoms in total. The molecule has 0 aliphatic heterocycles. The van der Waals surface area contributed by atoms with Gasteiger partial charge in [0.25, 0.3) is 10.0 Å². The molecule has 0 radical (unpaired) electrons. The molecular weight excluding hydrogens is 278 g/mol. The summed E-state index contributed by atoms with van der Waals surface area (Å²) in [7, 11) is -2.22. The number of anilines is 1. The van der Waals surface area contributed by atoms with Crippen molar-refractivity contribution in [1.82, 2.24) is 9.97 Å². The van der Waals surface area contributed by atoms with Crippen molar-refractivity contribution in [2.24, 2.45) is 5.73 Å².